The van der Waals surface area contributed by atoms with Crippen molar-refractivity contribution in [3.05, 3.63) is 63.6 Å². The van der Waals surface area contributed by atoms with Gasteiger partial charge in [0.05, 0.1) is 22.1 Å². The second kappa shape index (κ2) is 9.58. The smallest absolute Gasteiger partial charge is 0.255 e. The molecule has 0 N–H and O–H groups in total. The maximum absolute atomic E-state index is 13.3. The van der Waals surface area contributed by atoms with Gasteiger partial charge in [-0.05, 0) is 56.2 Å². The van der Waals surface area contributed by atoms with Crippen molar-refractivity contribution in [1.29, 1.82) is 0 Å². The van der Waals surface area contributed by atoms with E-state index >= 15 is 0 Å². The van der Waals surface area contributed by atoms with Gasteiger partial charge in [-0.1, -0.05) is 35.3 Å². The van der Waals surface area contributed by atoms with Crippen molar-refractivity contribution in [2.75, 3.05) is 29.5 Å². The number of carbonyl (C=O) groups excluding carboxylic acids is 1. The lowest BCUT2D eigenvalue weighted by molar-refractivity contribution is 0.0681. The van der Waals surface area contributed by atoms with Crippen LogP contribution in [0.4, 0.5) is 5.69 Å². The van der Waals surface area contributed by atoms with E-state index in [1.807, 2.05) is 24.3 Å². The largest absolute Gasteiger partial charge is 0.372 e. The highest BCUT2D eigenvalue weighted by molar-refractivity contribution is 7.91. The maximum atomic E-state index is 13.3. The second-order valence-corrected chi connectivity index (χ2v) is 10.5. The highest BCUT2D eigenvalue weighted by atomic mass is 35.5. The Bertz CT molecular complexity index is 1010. The molecule has 0 saturated carbocycles. The van der Waals surface area contributed by atoms with Gasteiger partial charge in [-0.15, -0.1) is 0 Å². The molecular formula is C22H26Cl2N2O3S. The molecule has 1 unspecified atom stereocenters. The number of benzene rings is 2. The minimum absolute atomic E-state index is 0.0263. The zero-order valence-electron chi connectivity index (χ0n) is 17.1. The first-order valence-electron chi connectivity index (χ1n) is 10.0. The van der Waals surface area contributed by atoms with Crippen LogP contribution < -0.4 is 4.90 Å². The molecule has 0 radical (unpaired) electrons. The lowest BCUT2D eigenvalue weighted by Gasteiger charge is -2.29. The number of hydrogen-bond donors (Lipinski definition) is 0. The number of halogens is 2. The van der Waals surface area contributed by atoms with Gasteiger partial charge in [0.2, 0.25) is 0 Å². The van der Waals surface area contributed by atoms with Crippen molar-refractivity contribution in [3.63, 3.8) is 0 Å². The van der Waals surface area contributed by atoms with Gasteiger partial charge in [-0.25, -0.2) is 8.42 Å². The average molecular weight is 469 g/mol. The van der Waals surface area contributed by atoms with E-state index in [0.717, 1.165) is 24.3 Å². The molecule has 30 heavy (non-hydrogen) atoms. The van der Waals surface area contributed by atoms with E-state index in [2.05, 4.69) is 18.7 Å². The second-order valence-electron chi connectivity index (χ2n) is 7.45. The molecule has 1 heterocycles. The first kappa shape index (κ1) is 22.9. The molecule has 1 aliphatic rings. The Morgan fingerprint density at radius 3 is 2.27 bits per heavy atom. The molecule has 2 aromatic rings. The van der Waals surface area contributed by atoms with Crippen LogP contribution in [-0.2, 0) is 16.4 Å². The molecular weight excluding hydrogens is 443 g/mol. The molecule has 2 aromatic carbocycles. The van der Waals surface area contributed by atoms with Crippen molar-refractivity contribution in [1.82, 2.24) is 4.90 Å². The van der Waals surface area contributed by atoms with Gasteiger partial charge >= 0.3 is 0 Å². The highest BCUT2D eigenvalue weighted by Gasteiger charge is 2.35. The van der Waals surface area contributed by atoms with Crippen LogP contribution >= 0.6 is 23.2 Å². The maximum Gasteiger partial charge on any atom is 0.255 e. The van der Waals surface area contributed by atoms with E-state index in [1.54, 1.807) is 17.0 Å². The van der Waals surface area contributed by atoms with Crippen LogP contribution in [0.15, 0.2) is 42.5 Å². The monoisotopic (exact) mass is 468 g/mol. The van der Waals surface area contributed by atoms with Gasteiger partial charge in [0.15, 0.2) is 9.84 Å². The number of sulfone groups is 1. The van der Waals surface area contributed by atoms with Gasteiger partial charge in [-0.2, -0.15) is 0 Å². The standard InChI is InChI=1S/C22H26Cl2N2O3S/c1-3-25(4-2)18-8-5-16(6-9-18)14-26(19-11-12-30(28,29)15-19)22(27)20-10-7-17(23)13-21(20)24/h5-10,13,19H,3-4,11-12,14-15H2,1-2H3. The molecule has 8 heteroatoms. The van der Waals surface area contributed by atoms with Gasteiger partial charge in [0.1, 0.15) is 0 Å². The van der Waals surface area contributed by atoms with Crippen LogP contribution in [0.2, 0.25) is 10.0 Å². The Labute approximate surface area is 188 Å². The molecule has 1 amide bonds. The summed E-state index contributed by atoms with van der Waals surface area (Å²) in [6.45, 7) is 6.35. The van der Waals surface area contributed by atoms with Crippen molar-refractivity contribution in [3.8, 4) is 0 Å². The summed E-state index contributed by atoms with van der Waals surface area (Å²) >= 11 is 12.2. The van der Waals surface area contributed by atoms with Crippen LogP contribution in [-0.4, -0.2) is 49.9 Å². The van der Waals surface area contributed by atoms with Crippen molar-refractivity contribution >= 4 is 44.6 Å². The van der Waals surface area contributed by atoms with Crippen LogP contribution in [0, 0.1) is 0 Å². The third-order valence-electron chi connectivity index (χ3n) is 5.49. The quantitative estimate of drug-likeness (QED) is 0.592. The molecule has 0 aliphatic carbocycles. The van der Waals surface area contributed by atoms with Crippen LogP contribution in [0.3, 0.4) is 0 Å². The fourth-order valence-electron chi connectivity index (χ4n) is 3.80. The summed E-state index contributed by atoms with van der Waals surface area (Å²) in [6, 6.07) is 12.4. The predicted octanol–water partition coefficient (Wildman–Crippen LogP) is 4.67. The van der Waals surface area contributed by atoms with Gasteiger partial charge < -0.3 is 9.80 Å². The summed E-state index contributed by atoms with van der Waals surface area (Å²) in [6.07, 6.45) is 0.427. The number of amides is 1. The lowest BCUT2D eigenvalue weighted by Crippen LogP contribution is -2.40. The topological polar surface area (TPSA) is 57.7 Å². The first-order valence-corrected chi connectivity index (χ1v) is 12.6. The molecule has 1 fully saturated rings. The number of nitrogens with zero attached hydrogens (tertiary/aromatic N) is 2. The molecule has 0 spiro atoms. The van der Waals surface area contributed by atoms with Gasteiger partial charge in [0, 0.05) is 36.4 Å². The SMILES string of the molecule is CCN(CC)c1ccc(CN(C(=O)c2ccc(Cl)cc2Cl)C2CCS(=O)(=O)C2)cc1. The van der Waals surface area contributed by atoms with Gasteiger partial charge in [-0.3, -0.25) is 4.79 Å². The highest BCUT2D eigenvalue weighted by Crippen LogP contribution is 2.27. The number of carbonyl (C=O) groups is 1. The Morgan fingerprint density at radius 1 is 1.07 bits per heavy atom. The van der Waals surface area contributed by atoms with Crippen LogP contribution in [0.25, 0.3) is 0 Å². The summed E-state index contributed by atoms with van der Waals surface area (Å²) in [5.74, 6) is -0.218. The summed E-state index contributed by atoms with van der Waals surface area (Å²) in [7, 11) is -3.14. The molecule has 1 aliphatic heterocycles. The number of anilines is 1. The lowest BCUT2D eigenvalue weighted by atomic mass is 10.1. The van der Waals surface area contributed by atoms with Crippen molar-refractivity contribution in [2.24, 2.45) is 0 Å². The van der Waals surface area contributed by atoms with E-state index in [-0.39, 0.29) is 28.5 Å². The zero-order chi connectivity index (χ0) is 21.9. The molecule has 162 valence electrons. The summed E-state index contributed by atoms with van der Waals surface area (Å²) in [4.78, 5) is 17.2. The minimum atomic E-state index is -3.14. The Balaban J connectivity index is 1.89. The van der Waals surface area contributed by atoms with Crippen LogP contribution in [0.5, 0.6) is 0 Å². The number of hydrogen-bond acceptors (Lipinski definition) is 4. The van der Waals surface area contributed by atoms with E-state index < -0.39 is 9.84 Å². The normalized spacial score (nSPS) is 17.7. The zero-order valence-corrected chi connectivity index (χ0v) is 19.5. The summed E-state index contributed by atoms with van der Waals surface area (Å²) in [5.41, 5.74) is 2.38. The molecule has 1 saturated heterocycles. The minimum Gasteiger partial charge on any atom is -0.372 e. The molecule has 0 bridgehead atoms. The third-order valence-corrected chi connectivity index (χ3v) is 7.79. The van der Waals surface area contributed by atoms with E-state index in [0.29, 0.717) is 23.6 Å². The Hall–Kier alpha value is -1.76. The fourth-order valence-corrected chi connectivity index (χ4v) is 6.02. The van der Waals surface area contributed by atoms with E-state index in [1.165, 1.54) is 6.07 Å². The predicted molar refractivity (Wildman–Crippen MR) is 123 cm³/mol. The first-order chi connectivity index (χ1) is 14.2. The Kier molecular flexibility index (Phi) is 7.32. The van der Waals surface area contributed by atoms with Crippen molar-refractivity contribution in [2.45, 2.75) is 32.9 Å². The van der Waals surface area contributed by atoms with Crippen LogP contribution in [0.1, 0.15) is 36.2 Å². The Morgan fingerprint density at radius 2 is 1.73 bits per heavy atom. The molecule has 5 nitrogen and oxygen atoms in total. The molecule has 1 atom stereocenters. The third kappa shape index (κ3) is 5.29. The average Bonchev–Trinajstić information content (AvgIpc) is 3.07. The van der Waals surface area contributed by atoms with E-state index in [4.69, 9.17) is 23.2 Å². The molecule has 3 rings (SSSR count). The van der Waals surface area contributed by atoms with Crippen molar-refractivity contribution < 1.29 is 13.2 Å². The summed E-state index contributed by atoms with van der Waals surface area (Å²) in [5, 5.41) is 0.703. The summed E-state index contributed by atoms with van der Waals surface area (Å²) < 4.78 is 24.1. The number of rotatable bonds is 7. The molecule has 0 aromatic heterocycles. The fraction of sp³-hybridized carbons (Fsp3) is 0.409. The van der Waals surface area contributed by atoms with E-state index in [9.17, 15) is 13.2 Å². The van der Waals surface area contributed by atoms with Gasteiger partial charge in [0.25, 0.3) is 5.91 Å².